The molecule has 0 bridgehead atoms. The molecule has 1 aromatic heterocycles. The summed E-state index contributed by atoms with van der Waals surface area (Å²) < 4.78 is 9.41. The van der Waals surface area contributed by atoms with Crippen LogP contribution in [0.2, 0.25) is 0 Å². The SMILES string of the molecule is C[C](C)=[Zr+2]([C]1=C(c2ccoc2)C=CC1C)[CH]1c2cc(C(C)(C)C)ccc2-c2ccc(C(C)(C)C)cc21.[Cl-].[Cl-]. The Morgan fingerprint density at radius 2 is 1.32 bits per heavy atom. The van der Waals surface area contributed by atoms with Gasteiger partial charge in [-0.3, -0.25) is 0 Å². The molecule has 2 aromatic carbocycles. The predicted octanol–water partition coefficient (Wildman–Crippen LogP) is 3.40. The zero-order chi connectivity index (χ0) is 26.0. The Labute approximate surface area is 249 Å². The normalized spacial score (nSPS) is 16.4. The van der Waals surface area contributed by atoms with Crippen LogP contribution in [-0.2, 0) is 32.1 Å². The van der Waals surface area contributed by atoms with Gasteiger partial charge >= 0.3 is 227 Å². The molecule has 5 rings (SSSR count). The van der Waals surface area contributed by atoms with Gasteiger partial charge in [0, 0.05) is 0 Å². The second-order valence-corrected chi connectivity index (χ2v) is 20.2. The molecular weight excluding hydrogens is 587 g/mol. The first-order valence-corrected chi connectivity index (χ1v) is 17.2. The van der Waals surface area contributed by atoms with Gasteiger partial charge in [0.2, 0.25) is 0 Å². The molecule has 0 N–H and O–H groups in total. The molecule has 0 fully saturated rings. The van der Waals surface area contributed by atoms with Crippen molar-refractivity contribution >= 4 is 8.78 Å². The molecule has 1 atom stereocenters. The van der Waals surface area contributed by atoms with Crippen molar-refractivity contribution in [2.75, 3.05) is 0 Å². The Balaban J connectivity index is 0.00000200. The average Bonchev–Trinajstić information content (AvgIpc) is 3.51. The van der Waals surface area contributed by atoms with Crippen molar-refractivity contribution < 1.29 is 50.5 Å². The van der Waals surface area contributed by atoms with Gasteiger partial charge in [0.25, 0.3) is 0 Å². The van der Waals surface area contributed by atoms with E-state index in [2.05, 4.69) is 117 Å². The number of hydrogen-bond donors (Lipinski definition) is 0. The smallest absolute Gasteiger partial charge is 1.00 e. The molecule has 4 heteroatoms. The van der Waals surface area contributed by atoms with E-state index in [4.69, 9.17) is 4.42 Å². The number of allylic oxidation sites excluding steroid dienone is 4. The summed E-state index contributed by atoms with van der Waals surface area (Å²) >= 11 is -2.40. The van der Waals surface area contributed by atoms with Gasteiger partial charge in [-0.05, 0) is 0 Å². The van der Waals surface area contributed by atoms with Gasteiger partial charge in [0.05, 0.1) is 0 Å². The van der Waals surface area contributed by atoms with Crippen molar-refractivity contribution in [2.45, 2.75) is 76.8 Å². The van der Waals surface area contributed by atoms with Crippen LogP contribution in [0.3, 0.4) is 0 Å². The third-order valence-corrected chi connectivity index (χ3v) is 16.8. The molecule has 2 aliphatic carbocycles. The largest absolute Gasteiger partial charge is 1.00 e. The fourth-order valence-corrected chi connectivity index (χ4v) is 14.9. The van der Waals surface area contributed by atoms with E-state index >= 15 is 0 Å². The molecule has 0 saturated carbocycles. The molecule has 1 heterocycles. The monoisotopic (exact) mass is 624 g/mol. The second kappa shape index (κ2) is 11.2. The topological polar surface area (TPSA) is 13.1 Å². The van der Waals surface area contributed by atoms with Gasteiger partial charge in [-0.1, -0.05) is 0 Å². The summed E-state index contributed by atoms with van der Waals surface area (Å²) in [6.07, 6.45) is 8.51. The van der Waals surface area contributed by atoms with Crippen LogP contribution in [0.4, 0.5) is 0 Å². The minimum absolute atomic E-state index is 0. The average molecular weight is 627 g/mol. The van der Waals surface area contributed by atoms with Crippen LogP contribution in [0.25, 0.3) is 16.7 Å². The quantitative estimate of drug-likeness (QED) is 0.435. The van der Waals surface area contributed by atoms with Crippen LogP contribution >= 0.6 is 0 Å². The first-order chi connectivity index (χ1) is 16.9. The third-order valence-electron chi connectivity index (χ3n) is 7.99. The fourth-order valence-electron chi connectivity index (χ4n) is 5.95. The molecular formula is C34H40Cl2OZr. The molecule has 0 saturated heterocycles. The molecule has 200 valence electrons. The Hall–Kier alpha value is -1.47. The van der Waals surface area contributed by atoms with Gasteiger partial charge in [-0.15, -0.1) is 0 Å². The third kappa shape index (κ3) is 5.43. The molecule has 3 aromatic rings. The van der Waals surface area contributed by atoms with E-state index in [0.29, 0.717) is 9.54 Å². The Bertz CT molecular complexity index is 1360. The number of benzene rings is 2. The van der Waals surface area contributed by atoms with Crippen LogP contribution < -0.4 is 24.8 Å². The molecule has 38 heavy (non-hydrogen) atoms. The minimum Gasteiger partial charge on any atom is -1.00 e. The first kappa shape index (κ1) is 31.1. The summed E-state index contributed by atoms with van der Waals surface area (Å²) in [5.41, 5.74) is 11.8. The maximum absolute atomic E-state index is 5.54. The zero-order valence-electron chi connectivity index (χ0n) is 24.2. The van der Waals surface area contributed by atoms with Crippen LogP contribution in [-0.4, -0.2) is 3.21 Å². The maximum atomic E-state index is 5.54. The fraction of sp³-hybridized carbons (Fsp3) is 0.382. The van der Waals surface area contributed by atoms with Crippen molar-refractivity contribution in [1.29, 1.82) is 0 Å². The van der Waals surface area contributed by atoms with Crippen LogP contribution in [0, 0.1) is 5.92 Å². The minimum atomic E-state index is -2.40. The summed E-state index contributed by atoms with van der Waals surface area (Å²) in [5.74, 6) is 0.475. The number of fused-ring (bicyclic) bond motifs is 3. The maximum Gasteiger partial charge on any atom is -1.00 e. The number of furan rings is 1. The van der Waals surface area contributed by atoms with E-state index in [1.54, 1.807) is 17.6 Å². The van der Waals surface area contributed by atoms with E-state index in [-0.39, 0.29) is 35.6 Å². The first-order valence-electron chi connectivity index (χ1n) is 13.3. The van der Waals surface area contributed by atoms with Gasteiger partial charge in [0.15, 0.2) is 0 Å². The predicted molar refractivity (Wildman–Crippen MR) is 151 cm³/mol. The second-order valence-electron chi connectivity index (χ2n) is 12.9. The van der Waals surface area contributed by atoms with Gasteiger partial charge in [-0.25, -0.2) is 0 Å². The molecule has 0 aliphatic heterocycles. The summed E-state index contributed by atoms with van der Waals surface area (Å²) in [7, 11) is 0. The molecule has 0 radical (unpaired) electrons. The summed E-state index contributed by atoms with van der Waals surface area (Å²) in [4.78, 5) is 0. The molecule has 0 spiro atoms. The van der Waals surface area contributed by atoms with Crippen LogP contribution in [0.15, 0.2) is 74.8 Å². The van der Waals surface area contributed by atoms with Crippen molar-refractivity contribution in [2.24, 2.45) is 5.92 Å². The Morgan fingerprint density at radius 3 is 1.74 bits per heavy atom. The van der Waals surface area contributed by atoms with E-state index in [1.165, 1.54) is 33.4 Å². The van der Waals surface area contributed by atoms with E-state index < -0.39 is 21.3 Å². The standard InChI is InChI=1S/C21H25.C10H9O.C3H6.2ClH.Zr/c1-20(2,3)16-7-9-18-14(12-16)11-15-13-17(21(4,5)6)8-10-19(15)18;1-8-2-3-9(6-8)10-4-5-11-7-10;1-3-2;;;/h7-13H,1-6H3;2-5,7-8H,1H3;1-2H3;2*1H;/q;;;;;+2/p-2. The van der Waals surface area contributed by atoms with Gasteiger partial charge in [0.1, 0.15) is 0 Å². The summed E-state index contributed by atoms with van der Waals surface area (Å²) in [6.45, 7) is 21.2. The van der Waals surface area contributed by atoms with Crippen LogP contribution in [0.5, 0.6) is 0 Å². The Kier molecular flexibility index (Phi) is 9.15. The van der Waals surface area contributed by atoms with Crippen LogP contribution in [0.1, 0.15) is 93.8 Å². The Morgan fingerprint density at radius 1 is 0.789 bits per heavy atom. The van der Waals surface area contributed by atoms with Crippen molar-refractivity contribution in [3.63, 3.8) is 0 Å². The summed E-state index contributed by atoms with van der Waals surface area (Å²) in [5, 5.41) is 0. The van der Waals surface area contributed by atoms with Crippen molar-refractivity contribution in [3.05, 3.63) is 98.2 Å². The van der Waals surface area contributed by atoms with E-state index in [0.717, 1.165) is 0 Å². The van der Waals surface area contributed by atoms with E-state index in [9.17, 15) is 0 Å². The molecule has 0 amide bonds. The number of halogens is 2. The zero-order valence-corrected chi connectivity index (χ0v) is 28.1. The van der Waals surface area contributed by atoms with Crippen molar-refractivity contribution in [1.82, 2.24) is 0 Å². The molecule has 2 aliphatic rings. The van der Waals surface area contributed by atoms with Crippen molar-refractivity contribution in [3.8, 4) is 11.1 Å². The summed E-state index contributed by atoms with van der Waals surface area (Å²) in [6, 6.07) is 16.8. The van der Waals surface area contributed by atoms with Gasteiger partial charge in [-0.2, -0.15) is 0 Å². The van der Waals surface area contributed by atoms with Gasteiger partial charge < -0.3 is 24.8 Å². The van der Waals surface area contributed by atoms with E-state index in [1.807, 2.05) is 12.5 Å². The number of rotatable bonds is 3. The molecule has 1 unspecified atom stereocenters. The molecule has 1 nitrogen and oxygen atoms in total. The number of hydrogen-bond acceptors (Lipinski definition) is 1.